The van der Waals surface area contributed by atoms with Crippen LogP contribution in [0, 0.1) is 5.82 Å². The summed E-state index contributed by atoms with van der Waals surface area (Å²) in [6.07, 6.45) is 0.569. The Kier molecular flexibility index (Phi) is 11.1. The Hall–Kier alpha value is -6.45. The molecule has 6 rings (SSSR count). The largest absolute Gasteiger partial charge is 0.370 e. The third-order valence-electron chi connectivity index (χ3n) is 10.00. The van der Waals surface area contributed by atoms with Crippen LogP contribution in [0.5, 0.6) is 0 Å². The molecule has 6 amide bonds. The first kappa shape index (κ1) is 37.3. The predicted molar refractivity (Wildman–Crippen MR) is 198 cm³/mol. The Morgan fingerprint density at radius 3 is 2.22 bits per heavy atom. The molecule has 0 bridgehead atoms. The molecular formula is C38H43FN10O5. The SMILES string of the molecule is NC(=O)C1Cc2c([nH]c3ccccc23)CN1C(=O)[C@H](CCCN=C(N)N)NC(=O)[C@@H](Cc1ccc(F)cc1)NC(=O)[C@@H]1Cc2ccccc2CN1C(N)=O. The van der Waals surface area contributed by atoms with Crippen LogP contribution in [0.3, 0.4) is 0 Å². The number of nitrogens with zero attached hydrogens (tertiary/aromatic N) is 3. The summed E-state index contributed by atoms with van der Waals surface area (Å²) in [5, 5.41) is 6.50. The fraction of sp³-hybridized carbons (Fsp3) is 0.316. The summed E-state index contributed by atoms with van der Waals surface area (Å²) in [5.74, 6) is -3.28. The van der Waals surface area contributed by atoms with E-state index in [1.54, 1.807) is 0 Å². The summed E-state index contributed by atoms with van der Waals surface area (Å²) in [4.78, 5) is 78.0. The van der Waals surface area contributed by atoms with Gasteiger partial charge in [0.1, 0.15) is 30.0 Å². The van der Waals surface area contributed by atoms with Gasteiger partial charge in [0.05, 0.1) is 6.54 Å². The van der Waals surface area contributed by atoms with Crippen LogP contribution in [-0.4, -0.2) is 81.1 Å². The zero-order valence-corrected chi connectivity index (χ0v) is 29.5. The number of amides is 6. The molecule has 1 unspecified atom stereocenters. The molecular weight excluding hydrogens is 695 g/mol. The van der Waals surface area contributed by atoms with Crippen LogP contribution in [0.1, 0.15) is 40.8 Å². The van der Waals surface area contributed by atoms with Crippen molar-refractivity contribution in [1.82, 2.24) is 25.4 Å². The van der Waals surface area contributed by atoms with E-state index < -0.39 is 59.6 Å². The number of para-hydroxylation sites is 1. The van der Waals surface area contributed by atoms with Gasteiger partial charge in [0.15, 0.2) is 5.96 Å². The molecule has 0 spiro atoms. The number of hydrogen-bond donors (Lipinski definition) is 7. The number of carbonyl (C=O) groups is 5. The lowest BCUT2D eigenvalue weighted by atomic mass is 9.93. The molecule has 3 aromatic carbocycles. The maximum absolute atomic E-state index is 14.4. The van der Waals surface area contributed by atoms with Crippen LogP contribution < -0.4 is 33.6 Å². The van der Waals surface area contributed by atoms with Crippen molar-refractivity contribution < 1.29 is 28.4 Å². The highest BCUT2D eigenvalue weighted by atomic mass is 19.1. The summed E-state index contributed by atoms with van der Waals surface area (Å²) >= 11 is 0. The Balaban J connectivity index is 1.28. The van der Waals surface area contributed by atoms with Gasteiger partial charge in [-0.1, -0.05) is 54.6 Å². The summed E-state index contributed by atoms with van der Waals surface area (Å²) in [5.41, 5.74) is 27.3. The van der Waals surface area contributed by atoms with Gasteiger partial charge in [-0.15, -0.1) is 0 Å². The number of benzene rings is 3. The number of nitrogens with two attached hydrogens (primary N) is 4. The molecule has 3 heterocycles. The van der Waals surface area contributed by atoms with Crippen molar-refractivity contribution in [3.63, 3.8) is 0 Å². The highest BCUT2D eigenvalue weighted by molar-refractivity contribution is 5.96. The normalized spacial score (nSPS) is 17.4. The van der Waals surface area contributed by atoms with Crippen LogP contribution in [0.4, 0.5) is 9.18 Å². The summed E-state index contributed by atoms with van der Waals surface area (Å²) < 4.78 is 13.9. The monoisotopic (exact) mass is 738 g/mol. The predicted octanol–water partition coefficient (Wildman–Crippen LogP) is 0.817. The van der Waals surface area contributed by atoms with Crippen molar-refractivity contribution in [3.8, 4) is 0 Å². The van der Waals surface area contributed by atoms with Crippen LogP contribution in [-0.2, 0) is 51.5 Å². The number of fused-ring (bicyclic) bond motifs is 4. The lowest BCUT2D eigenvalue weighted by molar-refractivity contribution is -0.144. The number of aliphatic imine (C=N–C) groups is 1. The Labute approximate surface area is 310 Å². The van der Waals surface area contributed by atoms with Gasteiger partial charge in [0, 0.05) is 48.9 Å². The van der Waals surface area contributed by atoms with Gasteiger partial charge in [-0.05, 0) is 53.3 Å². The van der Waals surface area contributed by atoms with E-state index in [-0.39, 0.29) is 57.7 Å². The molecule has 0 saturated carbocycles. The van der Waals surface area contributed by atoms with Gasteiger partial charge in [-0.25, -0.2) is 9.18 Å². The van der Waals surface area contributed by atoms with Crippen molar-refractivity contribution in [2.24, 2.45) is 27.9 Å². The second-order valence-corrected chi connectivity index (χ2v) is 13.6. The first-order chi connectivity index (χ1) is 25.9. The van der Waals surface area contributed by atoms with Crippen LogP contribution >= 0.6 is 0 Å². The molecule has 54 heavy (non-hydrogen) atoms. The number of primary amides is 2. The van der Waals surface area contributed by atoms with E-state index in [2.05, 4.69) is 20.6 Å². The number of nitrogens with one attached hydrogen (secondary N) is 3. The number of carbonyl (C=O) groups excluding carboxylic acids is 5. The molecule has 15 nitrogen and oxygen atoms in total. The van der Waals surface area contributed by atoms with Crippen LogP contribution in [0.25, 0.3) is 10.9 Å². The molecule has 11 N–H and O–H groups in total. The molecule has 16 heteroatoms. The molecule has 4 atom stereocenters. The highest BCUT2D eigenvalue weighted by Crippen LogP contribution is 2.31. The number of aromatic nitrogens is 1. The van der Waals surface area contributed by atoms with Crippen molar-refractivity contribution in [2.75, 3.05) is 6.54 Å². The first-order valence-corrected chi connectivity index (χ1v) is 17.6. The number of halogens is 1. The first-order valence-electron chi connectivity index (χ1n) is 17.6. The van der Waals surface area contributed by atoms with E-state index in [1.807, 2.05) is 48.5 Å². The third-order valence-corrected chi connectivity index (χ3v) is 10.00. The van der Waals surface area contributed by atoms with Gasteiger partial charge in [0.25, 0.3) is 0 Å². The average molecular weight is 739 g/mol. The van der Waals surface area contributed by atoms with Gasteiger partial charge in [-0.2, -0.15) is 0 Å². The molecule has 0 fully saturated rings. The van der Waals surface area contributed by atoms with Gasteiger partial charge < -0.3 is 48.4 Å². The van der Waals surface area contributed by atoms with Crippen molar-refractivity contribution >= 4 is 46.5 Å². The molecule has 0 radical (unpaired) electrons. The van der Waals surface area contributed by atoms with E-state index in [0.29, 0.717) is 5.56 Å². The molecule has 0 saturated heterocycles. The number of hydrogen-bond acceptors (Lipinski definition) is 6. The lowest BCUT2D eigenvalue weighted by Gasteiger charge is -2.37. The van der Waals surface area contributed by atoms with Crippen molar-refractivity contribution in [3.05, 3.63) is 107 Å². The van der Waals surface area contributed by atoms with Gasteiger partial charge in [-0.3, -0.25) is 24.2 Å². The maximum atomic E-state index is 14.4. The second-order valence-electron chi connectivity index (χ2n) is 13.6. The molecule has 1 aromatic heterocycles. The quantitative estimate of drug-likeness (QED) is 0.0626. The standard InChI is InChI=1S/C38H43FN10O5/c39-24-13-11-21(12-14-24)16-29(47-35(52)32-17-22-6-1-2-7-23(22)19-49(32)38(43)54)34(51)46-28(10-5-15-44-37(41)42)36(53)48-20-30-26(18-31(48)33(40)50)25-8-3-4-9-27(25)45-30/h1-4,6-9,11-14,28-29,31-32,45H,5,10,15-20H2,(H2,40,50)(H2,43,54)(H,46,51)(H,47,52)(H4,41,42,44)/t28-,29+,31?,32-/m0/s1. The molecule has 282 valence electrons. The van der Waals surface area contributed by atoms with Gasteiger partial charge >= 0.3 is 6.03 Å². The summed E-state index contributed by atoms with van der Waals surface area (Å²) in [6, 6.07) is 15.0. The maximum Gasteiger partial charge on any atom is 0.315 e. The zero-order chi connectivity index (χ0) is 38.5. The number of guanidine groups is 1. The average Bonchev–Trinajstić information content (AvgIpc) is 3.52. The lowest BCUT2D eigenvalue weighted by Crippen LogP contribution is -2.61. The fourth-order valence-electron chi connectivity index (χ4n) is 7.25. The number of urea groups is 1. The van der Waals surface area contributed by atoms with E-state index in [0.717, 1.165) is 33.3 Å². The van der Waals surface area contributed by atoms with E-state index in [1.165, 1.54) is 34.1 Å². The minimum Gasteiger partial charge on any atom is -0.370 e. The molecule has 2 aliphatic rings. The Morgan fingerprint density at radius 1 is 0.815 bits per heavy atom. The molecule has 4 aromatic rings. The van der Waals surface area contributed by atoms with Crippen molar-refractivity contribution in [1.29, 1.82) is 0 Å². The van der Waals surface area contributed by atoms with E-state index >= 15 is 0 Å². The Bertz CT molecular complexity index is 2100. The molecule has 0 aliphatic carbocycles. The second kappa shape index (κ2) is 16.1. The topological polar surface area (TPSA) is 248 Å². The number of H-pyrrole nitrogens is 1. The summed E-state index contributed by atoms with van der Waals surface area (Å²) in [7, 11) is 0. The van der Waals surface area contributed by atoms with Gasteiger partial charge in [0.2, 0.25) is 23.6 Å². The zero-order valence-electron chi connectivity index (χ0n) is 29.5. The summed E-state index contributed by atoms with van der Waals surface area (Å²) in [6.45, 7) is 0.271. The smallest absolute Gasteiger partial charge is 0.315 e. The number of aromatic amines is 1. The fourth-order valence-corrected chi connectivity index (χ4v) is 7.25. The van der Waals surface area contributed by atoms with Crippen LogP contribution in [0.15, 0.2) is 77.8 Å². The highest BCUT2D eigenvalue weighted by Gasteiger charge is 2.40. The molecule has 2 aliphatic heterocycles. The Morgan fingerprint density at radius 2 is 1.52 bits per heavy atom. The van der Waals surface area contributed by atoms with E-state index in [4.69, 9.17) is 22.9 Å². The van der Waals surface area contributed by atoms with Crippen molar-refractivity contribution in [2.45, 2.75) is 69.4 Å². The minimum absolute atomic E-state index is 0.0264. The minimum atomic E-state index is -1.28. The van der Waals surface area contributed by atoms with E-state index in [9.17, 15) is 28.4 Å². The number of rotatable bonds is 12. The third kappa shape index (κ3) is 8.27. The van der Waals surface area contributed by atoms with Crippen LogP contribution in [0.2, 0.25) is 0 Å².